The molecule has 5 heteroatoms. The van der Waals surface area contributed by atoms with E-state index in [0.29, 0.717) is 29.8 Å². The molecular weight excluding hydrogens is 348 g/mol. The maximum atomic E-state index is 13.7. The Hall–Kier alpha value is -3.21. The number of anilines is 2. The van der Waals surface area contributed by atoms with Crippen LogP contribution in [0.15, 0.2) is 60.7 Å². The van der Waals surface area contributed by atoms with E-state index in [2.05, 4.69) is 5.32 Å². The SMILES string of the molecule is Cc1ccc(CCc2ccc(C(=O)O)c(Nc3ccc(F)cc3)c2)cc1F. The lowest BCUT2D eigenvalue weighted by molar-refractivity contribution is 0.0698. The summed E-state index contributed by atoms with van der Waals surface area (Å²) >= 11 is 0. The largest absolute Gasteiger partial charge is 0.478 e. The second-order valence-corrected chi connectivity index (χ2v) is 6.40. The van der Waals surface area contributed by atoms with Crippen LogP contribution in [0.2, 0.25) is 0 Å². The lowest BCUT2D eigenvalue weighted by Crippen LogP contribution is -2.04. The number of carboxylic acids is 1. The molecule has 0 bridgehead atoms. The number of hydrogen-bond donors (Lipinski definition) is 2. The van der Waals surface area contributed by atoms with Crippen LogP contribution in [0, 0.1) is 18.6 Å². The van der Waals surface area contributed by atoms with Gasteiger partial charge in [-0.1, -0.05) is 18.2 Å². The summed E-state index contributed by atoms with van der Waals surface area (Å²) in [5, 5.41) is 12.4. The summed E-state index contributed by atoms with van der Waals surface area (Å²) in [6, 6.07) is 15.9. The van der Waals surface area contributed by atoms with Gasteiger partial charge < -0.3 is 10.4 Å². The van der Waals surface area contributed by atoms with E-state index in [1.54, 1.807) is 43.3 Å². The Morgan fingerprint density at radius 2 is 1.56 bits per heavy atom. The van der Waals surface area contributed by atoms with Gasteiger partial charge in [0.1, 0.15) is 11.6 Å². The first-order valence-electron chi connectivity index (χ1n) is 8.56. The van der Waals surface area contributed by atoms with Crippen molar-refractivity contribution in [2.45, 2.75) is 19.8 Å². The van der Waals surface area contributed by atoms with Gasteiger partial charge in [0.25, 0.3) is 0 Å². The average Bonchev–Trinajstić information content (AvgIpc) is 2.64. The molecule has 0 atom stereocenters. The van der Waals surface area contributed by atoms with Crippen molar-refractivity contribution in [3.63, 3.8) is 0 Å². The van der Waals surface area contributed by atoms with Crippen molar-refractivity contribution in [1.82, 2.24) is 0 Å². The van der Waals surface area contributed by atoms with Crippen LogP contribution >= 0.6 is 0 Å². The van der Waals surface area contributed by atoms with Gasteiger partial charge in [0.05, 0.1) is 11.3 Å². The fourth-order valence-corrected chi connectivity index (χ4v) is 2.81. The molecule has 0 aliphatic carbocycles. The van der Waals surface area contributed by atoms with Crippen LogP contribution in [-0.4, -0.2) is 11.1 Å². The molecule has 0 amide bonds. The molecule has 3 aromatic carbocycles. The zero-order valence-corrected chi connectivity index (χ0v) is 14.8. The number of nitrogens with one attached hydrogen (secondary N) is 1. The van der Waals surface area contributed by atoms with E-state index < -0.39 is 5.97 Å². The molecule has 3 rings (SSSR count). The van der Waals surface area contributed by atoms with Crippen molar-refractivity contribution in [3.8, 4) is 0 Å². The number of rotatable bonds is 6. The van der Waals surface area contributed by atoms with Crippen molar-refractivity contribution in [3.05, 3.63) is 94.6 Å². The Morgan fingerprint density at radius 3 is 2.19 bits per heavy atom. The molecule has 0 spiro atoms. The number of aromatic carboxylic acids is 1. The molecule has 0 aliphatic rings. The Morgan fingerprint density at radius 1 is 0.926 bits per heavy atom. The molecule has 138 valence electrons. The van der Waals surface area contributed by atoms with Crippen LogP contribution in [0.25, 0.3) is 0 Å². The first-order chi connectivity index (χ1) is 12.9. The number of carbonyl (C=O) groups is 1. The highest BCUT2D eigenvalue weighted by Crippen LogP contribution is 2.24. The Bertz CT molecular complexity index is 969. The molecule has 3 nitrogen and oxygen atoms in total. The van der Waals surface area contributed by atoms with E-state index in [9.17, 15) is 18.7 Å². The normalized spacial score (nSPS) is 10.6. The van der Waals surface area contributed by atoms with Gasteiger partial charge in [-0.05, 0) is 78.9 Å². The summed E-state index contributed by atoms with van der Waals surface area (Å²) in [6.07, 6.45) is 1.28. The van der Waals surface area contributed by atoms with Gasteiger partial charge in [-0.25, -0.2) is 13.6 Å². The van der Waals surface area contributed by atoms with Gasteiger partial charge in [-0.3, -0.25) is 0 Å². The number of benzene rings is 3. The van der Waals surface area contributed by atoms with Gasteiger partial charge in [0.15, 0.2) is 0 Å². The van der Waals surface area contributed by atoms with Gasteiger partial charge in [-0.2, -0.15) is 0 Å². The second kappa shape index (κ2) is 7.99. The van der Waals surface area contributed by atoms with Crippen LogP contribution in [0.4, 0.5) is 20.2 Å². The molecule has 0 aliphatic heterocycles. The highest BCUT2D eigenvalue weighted by molar-refractivity contribution is 5.95. The minimum absolute atomic E-state index is 0.129. The standard InChI is InChI=1S/C22H19F2NO2/c1-14-2-3-15(12-20(14)24)4-5-16-6-11-19(22(26)27)21(13-16)25-18-9-7-17(23)8-10-18/h2-3,6-13,25H,4-5H2,1H3,(H,26,27). The van der Waals surface area contributed by atoms with E-state index in [4.69, 9.17) is 0 Å². The van der Waals surface area contributed by atoms with E-state index in [-0.39, 0.29) is 17.2 Å². The maximum Gasteiger partial charge on any atom is 0.337 e. The average molecular weight is 367 g/mol. The molecular formula is C22H19F2NO2. The number of halogens is 2. The van der Waals surface area contributed by atoms with Crippen molar-refractivity contribution >= 4 is 17.3 Å². The summed E-state index contributed by atoms with van der Waals surface area (Å²) in [5.41, 5.74) is 3.57. The van der Waals surface area contributed by atoms with Gasteiger partial charge >= 0.3 is 5.97 Å². The fourth-order valence-electron chi connectivity index (χ4n) is 2.81. The lowest BCUT2D eigenvalue weighted by Gasteiger charge is -2.12. The summed E-state index contributed by atoms with van der Waals surface area (Å²) in [5.74, 6) is -1.64. The maximum absolute atomic E-state index is 13.7. The third-order valence-corrected chi connectivity index (χ3v) is 4.38. The highest BCUT2D eigenvalue weighted by Gasteiger charge is 2.11. The monoisotopic (exact) mass is 367 g/mol. The predicted molar refractivity (Wildman–Crippen MR) is 102 cm³/mol. The van der Waals surface area contributed by atoms with Crippen molar-refractivity contribution in [2.75, 3.05) is 5.32 Å². The second-order valence-electron chi connectivity index (χ2n) is 6.40. The van der Waals surface area contributed by atoms with Gasteiger partial charge in [0.2, 0.25) is 0 Å². The Kier molecular flexibility index (Phi) is 5.50. The van der Waals surface area contributed by atoms with Crippen LogP contribution in [0.5, 0.6) is 0 Å². The molecule has 0 radical (unpaired) electrons. The Labute approximate surface area is 156 Å². The minimum Gasteiger partial charge on any atom is -0.478 e. The highest BCUT2D eigenvalue weighted by atomic mass is 19.1. The number of hydrogen-bond acceptors (Lipinski definition) is 2. The molecule has 2 N–H and O–H groups in total. The summed E-state index contributed by atoms with van der Waals surface area (Å²) in [4.78, 5) is 11.5. The smallest absolute Gasteiger partial charge is 0.337 e. The molecule has 0 fully saturated rings. The van der Waals surface area contributed by atoms with E-state index >= 15 is 0 Å². The topological polar surface area (TPSA) is 49.3 Å². The van der Waals surface area contributed by atoms with Crippen LogP contribution < -0.4 is 5.32 Å². The molecule has 3 aromatic rings. The van der Waals surface area contributed by atoms with Gasteiger partial charge in [0, 0.05) is 5.69 Å². The first kappa shape index (κ1) is 18.6. The minimum atomic E-state index is -1.05. The van der Waals surface area contributed by atoms with Crippen molar-refractivity contribution in [2.24, 2.45) is 0 Å². The zero-order chi connectivity index (χ0) is 19.4. The van der Waals surface area contributed by atoms with Crippen molar-refractivity contribution in [1.29, 1.82) is 0 Å². The quantitative estimate of drug-likeness (QED) is 0.605. The van der Waals surface area contributed by atoms with E-state index in [1.807, 2.05) is 6.07 Å². The fraction of sp³-hybridized carbons (Fsp3) is 0.136. The third kappa shape index (κ3) is 4.70. The van der Waals surface area contributed by atoms with Crippen LogP contribution in [0.1, 0.15) is 27.0 Å². The van der Waals surface area contributed by atoms with Gasteiger partial charge in [-0.15, -0.1) is 0 Å². The molecule has 0 saturated carbocycles. The molecule has 0 heterocycles. The molecule has 0 unspecified atom stereocenters. The van der Waals surface area contributed by atoms with Crippen LogP contribution in [-0.2, 0) is 12.8 Å². The van der Waals surface area contributed by atoms with E-state index in [0.717, 1.165) is 11.1 Å². The predicted octanol–water partition coefficient (Wildman–Crippen LogP) is 5.50. The molecule has 27 heavy (non-hydrogen) atoms. The first-order valence-corrected chi connectivity index (χ1v) is 8.56. The number of carboxylic acid groups (broad SMARTS) is 1. The third-order valence-electron chi connectivity index (χ3n) is 4.38. The summed E-state index contributed by atoms with van der Waals surface area (Å²) in [6.45, 7) is 1.72. The summed E-state index contributed by atoms with van der Waals surface area (Å²) in [7, 11) is 0. The van der Waals surface area contributed by atoms with Crippen molar-refractivity contribution < 1.29 is 18.7 Å². The summed E-state index contributed by atoms with van der Waals surface area (Å²) < 4.78 is 26.7. The molecule has 0 saturated heterocycles. The van der Waals surface area contributed by atoms with E-state index in [1.165, 1.54) is 18.2 Å². The van der Waals surface area contributed by atoms with Crippen LogP contribution in [0.3, 0.4) is 0 Å². The zero-order valence-electron chi connectivity index (χ0n) is 14.8. The number of aryl methyl sites for hydroxylation is 3. The molecule has 0 aromatic heterocycles. The lowest BCUT2D eigenvalue weighted by atomic mass is 10.0. The Balaban J connectivity index is 1.80.